The molecule has 5 heteroatoms. The summed E-state index contributed by atoms with van der Waals surface area (Å²) in [5, 5.41) is 15.2. The third-order valence-electron chi connectivity index (χ3n) is 2.93. The van der Waals surface area contributed by atoms with Crippen LogP contribution < -0.4 is 15.8 Å². The maximum Gasteiger partial charge on any atom is 0.173 e. The van der Waals surface area contributed by atoms with Gasteiger partial charge in [0.05, 0.1) is 12.7 Å². The summed E-state index contributed by atoms with van der Waals surface area (Å²) in [7, 11) is 1.56. The molecule has 0 aliphatic carbocycles. The molecule has 1 rings (SSSR count). The van der Waals surface area contributed by atoms with E-state index in [0.717, 1.165) is 18.7 Å². The molecule has 0 aromatic heterocycles. The van der Waals surface area contributed by atoms with E-state index >= 15 is 0 Å². The van der Waals surface area contributed by atoms with E-state index in [0.29, 0.717) is 11.3 Å². The zero-order chi connectivity index (χ0) is 14.1. The highest BCUT2D eigenvalue weighted by Gasteiger charge is 2.08. The molecule has 5 nitrogen and oxygen atoms in total. The first-order valence-electron chi connectivity index (χ1n) is 6.58. The molecular weight excluding hydrogens is 242 g/mol. The quantitative estimate of drug-likeness (QED) is 0.221. The second-order valence-electron chi connectivity index (χ2n) is 4.40. The summed E-state index contributed by atoms with van der Waals surface area (Å²) in [6.45, 7) is 3.95. The number of unbranched alkanes of at least 4 members (excludes halogenated alkanes) is 2. The molecule has 0 spiro atoms. The molecule has 0 amide bonds. The van der Waals surface area contributed by atoms with E-state index in [2.05, 4.69) is 17.4 Å². The minimum absolute atomic E-state index is 0.0599. The summed E-state index contributed by atoms with van der Waals surface area (Å²) >= 11 is 0. The van der Waals surface area contributed by atoms with Gasteiger partial charge in [-0.1, -0.05) is 31.0 Å². The van der Waals surface area contributed by atoms with Gasteiger partial charge < -0.3 is 21.0 Å². The Morgan fingerprint density at radius 2 is 2.21 bits per heavy atom. The third kappa shape index (κ3) is 4.79. The number of nitrogens with one attached hydrogen (secondary N) is 1. The van der Waals surface area contributed by atoms with Crippen LogP contribution in [0.15, 0.2) is 23.4 Å². The van der Waals surface area contributed by atoms with Crippen LogP contribution in [0.5, 0.6) is 5.75 Å². The highest BCUT2D eigenvalue weighted by Crippen LogP contribution is 2.19. The lowest BCUT2D eigenvalue weighted by molar-refractivity contribution is 0.318. The highest BCUT2D eigenvalue weighted by atomic mass is 16.5. The molecule has 4 N–H and O–H groups in total. The van der Waals surface area contributed by atoms with E-state index < -0.39 is 0 Å². The summed E-state index contributed by atoms with van der Waals surface area (Å²) in [6.07, 6.45) is 3.64. The van der Waals surface area contributed by atoms with Gasteiger partial charge in [-0.2, -0.15) is 0 Å². The second kappa shape index (κ2) is 8.37. The zero-order valence-electron chi connectivity index (χ0n) is 11.6. The first-order chi connectivity index (χ1) is 9.22. The molecule has 0 radical (unpaired) electrons. The van der Waals surface area contributed by atoms with Gasteiger partial charge in [-0.3, -0.25) is 0 Å². The van der Waals surface area contributed by atoms with Gasteiger partial charge in [-0.15, -0.1) is 0 Å². The Hall–Kier alpha value is -1.75. The third-order valence-corrected chi connectivity index (χ3v) is 2.93. The number of amidine groups is 1. The van der Waals surface area contributed by atoms with Crippen LogP contribution in [0.2, 0.25) is 0 Å². The molecule has 0 unspecified atom stereocenters. The fraction of sp³-hybridized carbons (Fsp3) is 0.500. The number of oxime groups is 1. The van der Waals surface area contributed by atoms with Crippen molar-refractivity contribution in [3.63, 3.8) is 0 Å². The van der Waals surface area contributed by atoms with Crippen molar-refractivity contribution in [2.45, 2.75) is 32.7 Å². The van der Waals surface area contributed by atoms with Crippen LogP contribution >= 0.6 is 0 Å². The van der Waals surface area contributed by atoms with E-state index in [9.17, 15) is 0 Å². The molecular formula is C14H23N3O2. The predicted octanol–water partition coefficient (Wildman–Crippen LogP) is 2.07. The minimum atomic E-state index is 0.0599. The zero-order valence-corrected chi connectivity index (χ0v) is 11.6. The standard InChI is InChI=1S/C14H23N3O2/c1-3-4-5-8-16-10-11-6-7-13(19-2)12(9-11)14(15)17-18/h6-7,9,16,18H,3-5,8,10H2,1-2H3,(H2,15,17). The lowest BCUT2D eigenvalue weighted by Gasteiger charge is -2.10. The molecule has 0 saturated carbocycles. The van der Waals surface area contributed by atoms with Crippen LogP contribution in [0, 0.1) is 0 Å². The number of rotatable bonds is 8. The molecule has 1 aromatic rings. The molecule has 0 fully saturated rings. The Morgan fingerprint density at radius 3 is 2.84 bits per heavy atom. The van der Waals surface area contributed by atoms with Crippen molar-refractivity contribution in [3.8, 4) is 5.75 Å². The van der Waals surface area contributed by atoms with E-state index in [1.54, 1.807) is 7.11 Å². The molecule has 19 heavy (non-hydrogen) atoms. The van der Waals surface area contributed by atoms with Crippen LogP contribution in [0.25, 0.3) is 0 Å². The minimum Gasteiger partial charge on any atom is -0.496 e. The number of nitrogens with zero attached hydrogens (tertiary/aromatic N) is 1. The average Bonchev–Trinajstić information content (AvgIpc) is 2.46. The Labute approximate surface area is 114 Å². The molecule has 0 atom stereocenters. The van der Waals surface area contributed by atoms with Gasteiger partial charge in [0.1, 0.15) is 5.75 Å². The van der Waals surface area contributed by atoms with Crippen molar-refractivity contribution >= 4 is 5.84 Å². The Bertz CT molecular complexity index is 419. The van der Waals surface area contributed by atoms with Crippen molar-refractivity contribution in [1.82, 2.24) is 5.32 Å². The van der Waals surface area contributed by atoms with Crippen LogP contribution in [-0.2, 0) is 6.54 Å². The predicted molar refractivity (Wildman–Crippen MR) is 76.7 cm³/mol. The smallest absolute Gasteiger partial charge is 0.173 e. The van der Waals surface area contributed by atoms with E-state index in [1.807, 2.05) is 18.2 Å². The maximum absolute atomic E-state index is 8.76. The number of methoxy groups -OCH3 is 1. The fourth-order valence-electron chi connectivity index (χ4n) is 1.85. The lowest BCUT2D eigenvalue weighted by atomic mass is 10.1. The van der Waals surface area contributed by atoms with Crippen molar-refractivity contribution in [2.24, 2.45) is 10.9 Å². The summed E-state index contributed by atoms with van der Waals surface area (Å²) in [6, 6.07) is 5.68. The van der Waals surface area contributed by atoms with Crippen molar-refractivity contribution in [3.05, 3.63) is 29.3 Å². The van der Waals surface area contributed by atoms with Crippen LogP contribution in [-0.4, -0.2) is 24.7 Å². The van der Waals surface area contributed by atoms with Crippen molar-refractivity contribution < 1.29 is 9.94 Å². The van der Waals surface area contributed by atoms with Crippen molar-refractivity contribution in [2.75, 3.05) is 13.7 Å². The van der Waals surface area contributed by atoms with Gasteiger partial charge in [0.15, 0.2) is 5.84 Å². The molecule has 0 saturated heterocycles. The van der Waals surface area contributed by atoms with Crippen LogP contribution in [0.1, 0.15) is 37.3 Å². The summed E-state index contributed by atoms with van der Waals surface area (Å²) in [5.74, 6) is 0.662. The summed E-state index contributed by atoms with van der Waals surface area (Å²) in [4.78, 5) is 0. The van der Waals surface area contributed by atoms with E-state index in [4.69, 9.17) is 15.7 Å². The number of ether oxygens (including phenoxy) is 1. The number of hydrogen-bond acceptors (Lipinski definition) is 4. The van der Waals surface area contributed by atoms with Gasteiger partial charge in [0, 0.05) is 6.54 Å². The second-order valence-corrected chi connectivity index (χ2v) is 4.40. The molecule has 0 aliphatic rings. The molecule has 106 valence electrons. The average molecular weight is 265 g/mol. The number of nitrogens with two attached hydrogens (primary N) is 1. The molecule has 1 aromatic carbocycles. The van der Waals surface area contributed by atoms with E-state index in [1.165, 1.54) is 19.3 Å². The number of hydrogen-bond donors (Lipinski definition) is 3. The first-order valence-corrected chi connectivity index (χ1v) is 6.58. The molecule has 0 aliphatic heterocycles. The maximum atomic E-state index is 8.76. The topological polar surface area (TPSA) is 79.9 Å². The Morgan fingerprint density at radius 1 is 1.42 bits per heavy atom. The first kappa shape index (κ1) is 15.3. The van der Waals surface area contributed by atoms with Gasteiger partial charge in [-0.25, -0.2) is 0 Å². The van der Waals surface area contributed by atoms with Gasteiger partial charge in [0.25, 0.3) is 0 Å². The Balaban J connectivity index is 2.65. The Kier molecular flexibility index (Phi) is 6.74. The fourth-order valence-corrected chi connectivity index (χ4v) is 1.85. The summed E-state index contributed by atoms with van der Waals surface area (Å²) < 4.78 is 5.19. The summed E-state index contributed by atoms with van der Waals surface area (Å²) in [5.41, 5.74) is 7.32. The van der Waals surface area contributed by atoms with Crippen LogP contribution in [0.4, 0.5) is 0 Å². The van der Waals surface area contributed by atoms with Gasteiger partial charge in [0.2, 0.25) is 0 Å². The molecule has 0 heterocycles. The number of benzene rings is 1. The highest BCUT2D eigenvalue weighted by molar-refractivity contribution is 5.99. The monoisotopic (exact) mass is 265 g/mol. The van der Waals surface area contributed by atoms with Crippen molar-refractivity contribution in [1.29, 1.82) is 0 Å². The largest absolute Gasteiger partial charge is 0.496 e. The van der Waals surface area contributed by atoms with E-state index in [-0.39, 0.29) is 5.84 Å². The van der Waals surface area contributed by atoms with Crippen LogP contribution in [0.3, 0.4) is 0 Å². The van der Waals surface area contributed by atoms with Gasteiger partial charge in [-0.05, 0) is 30.7 Å². The molecule has 0 bridgehead atoms. The van der Waals surface area contributed by atoms with Gasteiger partial charge >= 0.3 is 0 Å². The lowest BCUT2D eigenvalue weighted by Crippen LogP contribution is -2.17. The SMILES string of the molecule is CCCCCNCc1ccc(OC)c(C(N)=NO)c1. The normalized spacial score (nSPS) is 11.6.